The van der Waals surface area contributed by atoms with E-state index >= 15 is 0 Å². The third kappa shape index (κ3) is 4.06. The summed E-state index contributed by atoms with van der Waals surface area (Å²) in [6.45, 7) is 5.80. The van der Waals surface area contributed by atoms with Gasteiger partial charge in [0.05, 0.1) is 4.92 Å². The fourth-order valence-electron chi connectivity index (χ4n) is 2.23. The monoisotopic (exact) mass is 298 g/mol. The van der Waals surface area contributed by atoms with E-state index in [-0.39, 0.29) is 5.69 Å². The SMILES string of the molecule is CN1CCN(CCNc2ccc(Cl)cc2[N+](=O)[O-])CC1. The summed E-state index contributed by atoms with van der Waals surface area (Å²) in [4.78, 5) is 15.2. The van der Waals surface area contributed by atoms with Crippen molar-refractivity contribution < 1.29 is 4.92 Å². The summed E-state index contributed by atoms with van der Waals surface area (Å²) in [5.41, 5.74) is 0.546. The van der Waals surface area contributed by atoms with E-state index in [0.29, 0.717) is 17.3 Å². The minimum atomic E-state index is -0.413. The first-order chi connectivity index (χ1) is 9.56. The van der Waals surface area contributed by atoms with E-state index in [1.807, 2.05) is 0 Å². The molecule has 0 aromatic heterocycles. The third-order valence-electron chi connectivity index (χ3n) is 3.50. The molecule has 0 radical (unpaired) electrons. The minimum Gasteiger partial charge on any atom is -0.378 e. The van der Waals surface area contributed by atoms with Crippen LogP contribution in [0.5, 0.6) is 0 Å². The molecule has 0 spiro atoms. The van der Waals surface area contributed by atoms with Gasteiger partial charge >= 0.3 is 0 Å². The zero-order valence-corrected chi connectivity index (χ0v) is 12.3. The molecule has 2 rings (SSSR count). The van der Waals surface area contributed by atoms with E-state index in [0.717, 1.165) is 32.7 Å². The number of likely N-dealkylation sites (N-methyl/N-ethyl adjacent to an activating group) is 1. The molecule has 6 nitrogen and oxygen atoms in total. The number of nitro groups is 1. The molecule has 0 aliphatic carbocycles. The number of nitrogens with one attached hydrogen (secondary N) is 1. The number of benzene rings is 1. The van der Waals surface area contributed by atoms with Gasteiger partial charge in [-0.05, 0) is 19.2 Å². The number of anilines is 1. The van der Waals surface area contributed by atoms with E-state index in [1.54, 1.807) is 12.1 Å². The molecule has 0 atom stereocenters. The second-order valence-electron chi connectivity index (χ2n) is 4.99. The van der Waals surface area contributed by atoms with E-state index < -0.39 is 4.92 Å². The molecule has 0 amide bonds. The van der Waals surface area contributed by atoms with Gasteiger partial charge in [-0.2, -0.15) is 0 Å². The molecule has 1 fully saturated rings. The number of nitro benzene ring substituents is 1. The maximum Gasteiger partial charge on any atom is 0.293 e. The first kappa shape index (κ1) is 15.0. The van der Waals surface area contributed by atoms with Crippen LogP contribution in [0.25, 0.3) is 0 Å². The fraction of sp³-hybridized carbons (Fsp3) is 0.538. The summed E-state index contributed by atoms with van der Waals surface area (Å²) in [5.74, 6) is 0. The van der Waals surface area contributed by atoms with E-state index in [2.05, 4.69) is 22.2 Å². The number of piperazine rings is 1. The highest BCUT2D eigenvalue weighted by Gasteiger charge is 2.16. The van der Waals surface area contributed by atoms with Gasteiger partial charge in [0.25, 0.3) is 5.69 Å². The predicted octanol–water partition coefficient (Wildman–Crippen LogP) is 1.91. The number of hydrogen-bond acceptors (Lipinski definition) is 5. The molecule has 1 aliphatic rings. The molecule has 1 heterocycles. The topological polar surface area (TPSA) is 61.6 Å². The Bertz CT molecular complexity index is 475. The predicted molar refractivity (Wildman–Crippen MR) is 80.5 cm³/mol. The molecular formula is C13H19ClN4O2. The highest BCUT2D eigenvalue weighted by atomic mass is 35.5. The summed E-state index contributed by atoms with van der Waals surface area (Å²) in [6, 6.07) is 4.69. The van der Waals surface area contributed by atoms with Crippen molar-refractivity contribution >= 4 is 23.0 Å². The average Bonchev–Trinajstić information content (AvgIpc) is 2.42. The molecule has 7 heteroatoms. The Morgan fingerprint density at radius 1 is 1.35 bits per heavy atom. The van der Waals surface area contributed by atoms with E-state index in [4.69, 9.17) is 11.6 Å². The van der Waals surface area contributed by atoms with Crippen molar-refractivity contribution in [1.82, 2.24) is 9.80 Å². The van der Waals surface area contributed by atoms with Crippen LogP contribution in [-0.4, -0.2) is 61.0 Å². The molecule has 20 heavy (non-hydrogen) atoms. The van der Waals surface area contributed by atoms with E-state index in [1.165, 1.54) is 6.07 Å². The molecule has 1 aliphatic heterocycles. The molecule has 110 valence electrons. The maximum absolute atomic E-state index is 11.0. The van der Waals surface area contributed by atoms with Crippen molar-refractivity contribution in [2.24, 2.45) is 0 Å². The van der Waals surface area contributed by atoms with Gasteiger partial charge in [0, 0.05) is 50.4 Å². The highest BCUT2D eigenvalue weighted by Crippen LogP contribution is 2.27. The molecular weight excluding hydrogens is 280 g/mol. The Hall–Kier alpha value is -1.37. The van der Waals surface area contributed by atoms with Crippen LogP contribution < -0.4 is 5.32 Å². The first-order valence-corrected chi connectivity index (χ1v) is 7.03. The standard InChI is InChI=1S/C13H19ClN4O2/c1-16-6-8-17(9-7-16)5-4-15-12-3-2-11(14)10-13(12)18(19)20/h2-3,10,15H,4-9H2,1H3. The number of halogens is 1. The normalized spacial score (nSPS) is 17.1. The van der Waals surface area contributed by atoms with Crippen LogP contribution in [0.3, 0.4) is 0 Å². The van der Waals surface area contributed by atoms with Crippen molar-refractivity contribution in [3.05, 3.63) is 33.3 Å². The van der Waals surface area contributed by atoms with E-state index in [9.17, 15) is 10.1 Å². The minimum absolute atomic E-state index is 0.0240. The third-order valence-corrected chi connectivity index (χ3v) is 3.73. The van der Waals surface area contributed by atoms with Gasteiger partial charge in [-0.25, -0.2) is 0 Å². The lowest BCUT2D eigenvalue weighted by Crippen LogP contribution is -2.45. The van der Waals surface area contributed by atoms with Gasteiger partial charge in [-0.3, -0.25) is 15.0 Å². The van der Waals surface area contributed by atoms with Crippen molar-refractivity contribution in [2.45, 2.75) is 0 Å². The van der Waals surface area contributed by atoms with Gasteiger partial charge in [-0.15, -0.1) is 0 Å². The lowest BCUT2D eigenvalue weighted by molar-refractivity contribution is -0.383. The Morgan fingerprint density at radius 2 is 2.05 bits per heavy atom. The lowest BCUT2D eigenvalue weighted by atomic mass is 10.2. The van der Waals surface area contributed by atoms with Gasteiger partial charge in [0.2, 0.25) is 0 Å². The van der Waals surface area contributed by atoms with Crippen molar-refractivity contribution in [3.63, 3.8) is 0 Å². The largest absolute Gasteiger partial charge is 0.378 e. The first-order valence-electron chi connectivity index (χ1n) is 6.65. The summed E-state index contributed by atoms with van der Waals surface area (Å²) in [6.07, 6.45) is 0. The smallest absolute Gasteiger partial charge is 0.293 e. The second kappa shape index (κ2) is 6.88. The second-order valence-corrected chi connectivity index (χ2v) is 5.43. The van der Waals surface area contributed by atoms with Crippen LogP contribution in [0, 0.1) is 10.1 Å². The average molecular weight is 299 g/mol. The molecule has 0 saturated carbocycles. The number of rotatable bonds is 5. The quantitative estimate of drug-likeness (QED) is 0.664. The molecule has 0 bridgehead atoms. The summed E-state index contributed by atoms with van der Waals surface area (Å²) in [7, 11) is 2.12. The Balaban J connectivity index is 1.86. The van der Waals surface area contributed by atoms with Crippen molar-refractivity contribution in [3.8, 4) is 0 Å². The number of nitrogens with zero attached hydrogens (tertiary/aromatic N) is 3. The summed E-state index contributed by atoms with van der Waals surface area (Å²) in [5, 5.41) is 14.5. The molecule has 0 unspecified atom stereocenters. The summed E-state index contributed by atoms with van der Waals surface area (Å²) < 4.78 is 0. The van der Waals surface area contributed by atoms with Crippen molar-refractivity contribution in [2.75, 3.05) is 51.6 Å². The highest BCUT2D eigenvalue weighted by molar-refractivity contribution is 6.30. The van der Waals surface area contributed by atoms with Gasteiger partial charge in [0.1, 0.15) is 5.69 Å². The Morgan fingerprint density at radius 3 is 2.70 bits per heavy atom. The van der Waals surface area contributed by atoms with Crippen LogP contribution in [0.15, 0.2) is 18.2 Å². The zero-order chi connectivity index (χ0) is 14.5. The molecule has 1 aromatic carbocycles. The summed E-state index contributed by atoms with van der Waals surface area (Å²) >= 11 is 5.79. The molecule has 1 aromatic rings. The van der Waals surface area contributed by atoms with Gasteiger partial charge in [0.15, 0.2) is 0 Å². The van der Waals surface area contributed by atoms with Gasteiger partial charge in [-0.1, -0.05) is 11.6 Å². The Labute approximate surface area is 123 Å². The Kier molecular flexibility index (Phi) is 5.17. The fourth-order valence-corrected chi connectivity index (χ4v) is 2.39. The lowest BCUT2D eigenvalue weighted by Gasteiger charge is -2.32. The van der Waals surface area contributed by atoms with Crippen LogP contribution in [0.4, 0.5) is 11.4 Å². The molecule has 1 N–H and O–H groups in total. The maximum atomic E-state index is 11.0. The van der Waals surface area contributed by atoms with Crippen LogP contribution in [-0.2, 0) is 0 Å². The molecule has 1 saturated heterocycles. The van der Waals surface area contributed by atoms with Crippen LogP contribution in [0.1, 0.15) is 0 Å². The van der Waals surface area contributed by atoms with Crippen LogP contribution >= 0.6 is 11.6 Å². The van der Waals surface area contributed by atoms with Gasteiger partial charge < -0.3 is 10.2 Å². The van der Waals surface area contributed by atoms with Crippen molar-refractivity contribution in [1.29, 1.82) is 0 Å². The van der Waals surface area contributed by atoms with Crippen LogP contribution in [0.2, 0.25) is 5.02 Å². The zero-order valence-electron chi connectivity index (χ0n) is 11.5. The number of hydrogen-bond donors (Lipinski definition) is 1.